The number of carbonyl (C=O) groups is 1. The monoisotopic (exact) mass is 314 g/mol. The summed E-state index contributed by atoms with van der Waals surface area (Å²) in [5, 5.41) is 19.2. The number of halogens is 2. The van der Waals surface area contributed by atoms with Crippen LogP contribution in [0.15, 0.2) is 12.1 Å². The van der Waals surface area contributed by atoms with E-state index in [-0.39, 0.29) is 18.6 Å². The Morgan fingerprint density at radius 2 is 2.00 bits per heavy atom. The summed E-state index contributed by atoms with van der Waals surface area (Å²) in [5.41, 5.74) is 1.27. The van der Waals surface area contributed by atoms with Gasteiger partial charge in [-0.15, -0.1) is 0 Å². The van der Waals surface area contributed by atoms with E-state index in [0.29, 0.717) is 39.7 Å². The molecule has 2 aromatic rings. The molecular weight excluding hydrogens is 303 g/mol. The SMILES string of the molecule is O=C(O)Cn1c(C2CC(O)C2)nc2cc(Cl)c(Cl)cc21. The van der Waals surface area contributed by atoms with Crippen LogP contribution in [0.25, 0.3) is 11.0 Å². The topological polar surface area (TPSA) is 75.3 Å². The average Bonchev–Trinajstić information content (AvgIpc) is 2.64. The molecule has 0 amide bonds. The van der Waals surface area contributed by atoms with E-state index in [0.717, 1.165) is 0 Å². The Morgan fingerprint density at radius 1 is 1.35 bits per heavy atom. The Hall–Kier alpha value is -1.30. The number of aliphatic hydroxyl groups excluding tert-OH is 1. The van der Waals surface area contributed by atoms with E-state index < -0.39 is 5.97 Å². The number of carboxylic acids is 1. The molecule has 1 aromatic carbocycles. The van der Waals surface area contributed by atoms with Gasteiger partial charge in [-0.2, -0.15) is 0 Å². The second-order valence-corrected chi connectivity index (χ2v) is 5.84. The second-order valence-electron chi connectivity index (χ2n) is 5.03. The van der Waals surface area contributed by atoms with Crippen molar-refractivity contribution in [1.82, 2.24) is 9.55 Å². The molecule has 3 rings (SSSR count). The Balaban J connectivity index is 2.14. The number of aromatic nitrogens is 2. The number of carboxylic acid groups (broad SMARTS) is 1. The van der Waals surface area contributed by atoms with Crippen molar-refractivity contribution in [2.24, 2.45) is 0 Å². The minimum absolute atomic E-state index is 0.0781. The molecule has 0 bridgehead atoms. The maximum absolute atomic E-state index is 11.1. The molecule has 2 N–H and O–H groups in total. The summed E-state index contributed by atoms with van der Waals surface area (Å²) in [7, 11) is 0. The highest BCUT2D eigenvalue weighted by Crippen LogP contribution is 2.38. The average molecular weight is 315 g/mol. The first kappa shape index (κ1) is 13.7. The Bertz CT molecular complexity index is 692. The number of benzene rings is 1. The standard InChI is InChI=1S/C13H12Cl2N2O3/c14-8-3-10-11(4-9(8)15)17(5-12(19)20)13(16-10)6-1-7(18)2-6/h3-4,6-7,18H,1-2,5H2,(H,19,20). The van der Waals surface area contributed by atoms with Gasteiger partial charge in [-0.3, -0.25) is 4.79 Å². The predicted molar refractivity (Wildman–Crippen MR) is 75.4 cm³/mol. The molecule has 5 nitrogen and oxygen atoms in total. The third-order valence-electron chi connectivity index (χ3n) is 3.59. The van der Waals surface area contributed by atoms with Gasteiger partial charge in [-0.25, -0.2) is 4.98 Å². The van der Waals surface area contributed by atoms with E-state index >= 15 is 0 Å². The maximum Gasteiger partial charge on any atom is 0.323 e. The number of nitrogens with zero attached hydrogens (tertiary/aromatic N) is 2. The van der Waals surface area contributed by atoms with Crippen LogP contribution >= 0.6 is 23.2 Å². The molecule has 0 spiro atoms. The Kier molecular flexibility index (Phi) is 3.36. The minimum atomic E-state index is -0.948. The summed E-state index contributed by atoms with van der Waals surface area (Å²) in [4.78, 5) is 15.5. The number of imidazole rings is 1. The number of rotatable bonds is 3. The van der Waals surface area contributed by atoms with Gasteiger partial charge in [-0.1, -0.05) is 23.2 Å². The number of hydrogen-bond donors (Lipinski definition) is 2. The van der Waals surface area contributed by atoms with Crippen LogP contribution in [0.2, 0.25) is 10.0 Å². The fourth-order valence-electron chi connectivity index (χ4n) is 2.55. The van der Waals surface area contributed by atoms with Crippen molar-refractivity contribution in [3.63, 3.8) is 0 Å². The van der Waals surface area contributed by atoms with Gasteiger partial charge in [0.2, 0.25) is 0 Å². The van der Waals surface area contributed by atoms with Crippen molar-refractivity contribution in [2.45, 2.75) is 31.4 Å². The molecule has 1 saturated carbocycles. The van der Waals surface area contributed by atoms with Crippen molar-refractivity contribution in [1.29, 1.82) is 0 Å². The van der Waals surface area contributed by atoms with Crippen LogP contribution in [-0.4, -0.2) is 31.8 Å². The molecule has 0 unspecified atom stereocenters. The number of fused-ring (bicyclic) bond motifs is 1. The van der Waals surface area contributed by atoms with Crippen LogP contribution in [-0.2, 0) is 11.3 Å². The molecule has 20 heavy (non-hydrogen) atoms. The van der Waals surface area contributed by atoms with Gasteiger partial charge < -0.3 is 14.8 Å². The highest BCUT2D eigenvalue weighted by molar-refractivity contribution is 6.42. The third kappa shape index (κ3) is 2.26. The molecule has 0 saturated heterocycles. The summed E-state index contributed by atoms with van der Waals surface area (Å²) in [5.74, 6) is -0.197. The van der Waals surface area contributed by atoms with Gasteiger partial charge in [0.15, 0.2) is 0 Å². The summed E-state index contributed by atoms with van der Waals surface area (Å²) in [6, 6.07) is 3.27. The minimum Gasteiger partial charge on any atom is -0.480 e. The van der Waals surface area contributed by atoms with Gasteiger partial charge in [0.25, 0.3) is 0 Å². The molecule has 1 aliphatic rings. The zero-order valence-electron chi connectivity index (χ0n) is 10.4. The zero-order chi connectivity index (χ0) is 14.4. The normalized spacial score (nSPS) is 21.9. The van der Waals surface area contributed by atoms with Gasteiger partial charge in [-0.05, 0) is 25.0 Å². The van der Waals surface area contributed by atoms with Crippen molar-refractivity contribution in [2.75, 3.05) is 0 Å². The second kappa shape index (κ2) is 4.91. The van der Waals surface area contributed by atoms with E-state index in [1.54, 1.807) is 16.7 Å². The van der Waals surface area contributed by atoms with Crippen LogP contribution in [0.5, 0.6) is 0 Å². The highest BCUT2D eigenvalue weighted by Gasteiger charge is 2.33. The summed E-state index contributed by atoms with van der Waals surface area (Å²) in [6.45, 7) is -0.184. The molecule has 1 fully saturated rings. The molecule has 1 aliphatic carbocycles. The van der Waals surface area contributed by atoms with Crippen LogP contribution in [0, 0.1) is 0 Å². The van der Waals surface area contributed by atoms with E-state index in [1.165, 1.54) is 0 Å². The summed E-state index contributed by atoms with van der Waals surface area (Å²) < 4.78 is 1.64. The van der Waals surface area contributed by atoms with Crippen molar-refractivity contribution < 1.29 is 15.0 Å². The number of aliphatic carboxylic acids is 1. The molecule has 7 heteroatoms. The molecule has 1 aromatic heterocycles. The van der Waals surface area contributed by atoms with E-state index in [9.17, 15) is 9.90 Å². The summed E-state index contributed by atoms with van der Waals surface area (Å²) in [6.07, 6.45) is 0.875. The number of aliphatic hydroxyl groups is 1. The van der Waals surface area contributed by atoms with Crippen molar-refractivity contribution in [3.8, 4) is 0 Å². The lowest BCUT2D eigenvalue weighted by molar-refractivity contribution is -0.137. The van der Waals surface area contributed by atoms with Crippen molar-refractivity contribution in [3.05, 3.63) is 28.0 Å². The Morgan fingerprint density at radius 3 is 2.60 bits per heavy atom. The predicted octanol–water partition coefficient (Wildman–Crippen LogP) is 2.67. The lowest BCUT2D eigenvalue weighted by Gasteiger charge is -2.31. The lowest BCUT2D eigenvalue weighted by atomic mass is 9.82. The van der Waals surface area contributed by atoms with Gasteiger partial charge in [0.05, 0.1) is 27.2 Å². The first-order chi connectivity index (χ1) is 9.45. The van der Waals surface area contributed by atoms with Crippen molar-refractivity contribution >= 4 is 40.2 Å². The summed E-state index contributed by atoms with van der Waals surface area (Å²) >= 11 is 12.0. The van der Waals surface area contributed by atoms with E-state index in [4.69, 9.17) is 28.3 Å². The van der Waals surface area contributed by atoms with E-state index in [2.05, 4.69) is 4.98 Å². The van der Waals surface area contributed by atoms with Crippen LogP contribution in [0.3, 0.4) is 0 Å². The molecule has 106 valence electrons. The first-order valence-electron chi connectivity index (χ1n) is 6.20. The molecule has 0 radical (unpaired) electrons. The zero-order valence-corrected chi connectivity index (χ0v) is 11.9. The smallest absolute Gasteiger partial charge is 0.323 e. The van der Waals surface area contributed by atoms with Crippen LogP contribution in [0.4, 0.5) is 0 Å². The quantitative estimate of drug-likeness (QED) is 0.913. The molecular formula is C13H12Cl2N2O3. The molecule has 0 aliphatic heterocycles. The molecule has 0 atom stereocenters. The number of hydrogen-bond acceptors (Lipinski definition) is 3. The third-order valence-corrected chi connectivity index (χ3v) is 4.31. The fraction of sp³-hybridized carbons (Fsp3) is 0.385. The lowest BCUT2D eigenvalue weighted by Crippen LogP contribution is -2.29. The maximum atomic E-state index is 11.1. The largest absolute Gasteiger partial charge is 0.480 e. The van der Waals surface area contributed by atoms with Gasteiger partial charge >= 0.3 is 5.97 Å². The molecule has 1 heterocycles. The van der Waals surface area contributed by atoms with Gasteiger partial charge in [0, 0.05) is 5.92 Å². The first-order valence-corrected chi connectivity index (χ1v) is 6.96. The van der Waals surface area contributed by atoms with Crippen LogP contribution in [0.1, 0.15) is 24.6 Å². The fourth-order valence-corrected chi connectivity index (χ4v) is 2.87. The highest BCUT2D eigenvalue weighted by atomic mass is 35.5. The van der Waals surface area contributed by atoms with E-state index in [1.807, 2.05) is 0 Å². The van der Waals surface area contributed by atoms with Gasteiger partial charge in [0.1, 0.15) is 12.4 Å². The van der Waals surface area contributed by atoms with Crippen LogP contribution < -0.4 is 0 Å². The Labute approximate surface area is 124 Å².